The standard InChI is InChI=1S/C28H42N10O10P2S2Si/c1-27(2,3)53(6,7)48-17-14-8-42-49(39,51)47-20-19(41-5)26(38-13-36-16-22(30)32-11-34-24(16)38)45-28(20,4)9-43-50(40,52)46-18(17)25(44-14)37-12-35-15-21(29)31-10-33-23(15)37/h10-14,17-20,25-26H,8-9H2,1-7H3,(H,39,51)(H,40,52)(H2,29,31,33)(H2,30,32,34)/t14-,17?,18-,19-,20+,25-,26-,28-,49?,50?/m1/s1. The van der Waals surface area contributed by atoms with Crippen LogP contribution in [0.1, 0.15) is 40.2 Å². The van der Waals surface area contributed by atoms with E-state index in [4.69, 9.17) is 60.0 Å². The molecule has 3 unspecified atom stereocenters. The van der Waals surface area contributed by atoms with Gasteiger partial charge < -0.3 is 39.5 Å². The average molecular weight is 833 g/mol. The molecule has 2 bridgehead atoms. The second kappa shape index (κ2) is 13.8. The fourth-order valence-electron chi connectivity index (χ4n) is 6.34. The summed E-state index contributed by atoms with van der Waals surface area (Å²) >= 11 is 10.1. The van der Waals surface area contributed by atoms with E-state index in [0.29, 0.717) is 22.3 Å². The molecule has 10 atom stereocenters. The third kappa shape index (κ3) is 7.19. The number of aromatic nitrogens is 8. The van der Waals surface area contributed by atoms with Crippen LogP contribution in [0.4, 0.5) is 11.6 Å². The lowest BCUT2D eigenvalue weighted by Crippen LogP contribution is -2.50. The van der Waals surface area contributed by atoms with Gasteiger partial charge in [-0.15, -0.1) is 0 Å². The van der Waals surface area contributed by atoms with E-state index in [2.05, 4.69) is 62.9 Å². The zero-order valence-corrected chi connectivity index (χ0v) is 34.4. The summed E-state index contributed by atoms with van der Waals surface area (Å²) in [5, 5.41) is -0.265. The number of ether oxygens (including phenoxy) is 3. The van der Waals surface area contributed by atoms with Crippen LogP contribution in [0.15, 0.2) is 25.3 Å². The minimum Gasteiger partial charge on any atom is -0.408 e. The number of fused-ring (bicyclic) bond motifs is 5. The Balaban J connectivity index is 1.29. The minimum absolute atomic E-state index is 0.149. The fourth-order valence-corrected chi connectivity index (χ4v) is 10.7. The van der Waals surface area contributed by atoms with Crippen molar-refractivity contribution in [3.05, 3.63) is 25.3 Å². The summed E-state index contributed by atoms with van der Waals surface area (Å²) in [6, 6.07) is 0. The van der Waals surface area contributed by atoms with E-state index >= 15 is 0 Å². The van der Waals surface area contributed by atoms with Crippen LogP contribution in [-0.4, -0.2) is 109 Å². The third-order valence-corrected chi connectivity index (χ3v) is 17.7. The number of anilines is 2. The van der Waals surface area contributed by atoms with Crippen LogP contribution >= 0.6 is 25.8 Å². The number of nitrogen functional groups attached to an aromatic ring is 2. The van der Waals surface area contributed by atoms with Gasteiger partial charge in [0.25, 0.3) is 0 Å². The highest BCUT2D eigenvalue weighted by Gasteiger charge is 2.59. The summed E-state index contributed by atoms with van der Waals surface area (Å²) in [4.78, 5) is 37.3. The van der Waals surface area contributed by atoms with Crippen molar-refractivity contribution in [3.8, 4) is 0 Å². The Morgan fingerprint density at radius 2 is 1.57 bits per heavy atom. The van der Waals surface area contributed by atoms with E-state index in [1.54, 1.807) is 16.1 Å². The lowest BCUT2D eigenvalue weighted by Gasteiger charge is -2.40. The lowest BCUT2D eigenvalue weighted by atomic mass is 9.98. The Kier molecular flexibility index (Phi) is 10.1. The third-order valence-electron chi connectivity index (χ3n) is 10.1. The second-order valence-corrected chi connectivity index (χ2v) is 25.1. The van der Waals surface area contributed by atoms with Crippen LogP contribution in [0, 0.1) is 0 Å². The van der Waals surface area contributed by atoms with Crippen LogP contribution in [0.3, 0.4) is 0 Å². The summed E-state index contributed by atoms with van der Waals surface area (Å²) in [6.07, 6.45) is -1.72. The molecule has 290 valence electrons. The minimum atomic E-state index is -4.27. The molecular weight excluding hydrogens is 791 g/mol. The first kappa shape index (κ1) is 39.0. The van der Waals surface area contributed by atoms with Gasteiger partial charge in [-0.05, 0) is 36.9 Å². The first-order valence-electron chi connectivity index (χ1n) is 16.5. The predicted molar refractivity (Wildman–Crippen MR) is 200 cm³/mol. The van der Waals surface area contributed by atoms with Gasteiger partial charge in [0, 0.05) is 7.11 Å². The van der Waals surface area contributed by atoms with Crippen LogP contribution in [0.25, 0.3) is 22.3 Å². The SMILES string of the molecule is CO[C@H]1[C@H](n2cnc3c(N)ncnc32)O[C@]2(C)COP(O)(=S)O[C@@H]3C(O[Si](C)(C)C(C)(C)C)[C@@H](COP(=O)(S)O[C@@H]12)O[C@H]3n1cnc2c(N)ncnc21. The molecule has 4 aromatic heterocycles. The molecule has 0 aromatic carbocycles. The number of nitrogens with two attached hydrogens (primary N) is 2. The lowest BCUT2D eigenvalue weighted by molar-refractivity contribution is -0.113. The van der Waals surface area contributed by atoms with E-state index < -0.39 is 77.0 Å². The quantitative estimate of drug-likeness (QED) is 0.128. The van der Waals surface area contributed by atoms with Crippen molar-refractivity contribution in [2.75, 3.05) is 31.8 Å². The predicted octanol–water partition coefficient (Wildman–Crippen LogP) is 3.49. The normalized spacial score (nSPS) is 35.9. The molecule has 4 aromatic rings. The van der Waals surface area contributed by atoms with Crippen molar-refractivity contribution in [1.82, 2.24) is 39.0 Å². The van der Waals surface area contributed by atoms with Gasteiger partial charge in [0.05, 0.1) is 25.9 Å². The summed E-state index contributed by atoms with van der Waals surface area (Å²) in [5.74, 6) is 0.307. The summed E-state index contributed by atoms with van der Waals surface area (Å²) in [6.45, 7) is 2.71. The number of hydrogen-bond acceptors (Lipinski definition) is 18. The molecule has 0 radical (unpaired) electrons. The Hall–Kier alpha value is -2.21. The van der Waals surface area contributed by atoms with Crippen LogP contribution in [-0.2, 0) is 53.1 Å². The van der Waals surface area contributed by atoms with Crippen molar-refractivity contribution < 1.29 is 46.2 Å². The number of nitrogens with zero attached hydrogens (tertiary/aromatic N) is 8. The average Bonchev–Trinajstić information content (AvgIpc) is 3.83. The molecule has 7 rings (SSSR count). The van der Waals surface area contributed by atoms with E-state index in [0.717, 1.165) is 0 Å². The molecule has 3 aliphatic rings. The number of rotatable bonds is 5. The Bertz CT molecular complexity index is 2120. The maximum Gasteiger partial charge on any atom is 0.386 e. The first-order valence-corrected chi connectivity index (χ1v) is 24.6. The maximum atomic E-state index is 14.2. The van der Waals surface area contributed by atoms with Crippen LogP contribution < -0.4 is 11.5 Å². The van der Waals surface area contributed by atoms with Gasteiger partial charge >= 0.3 is 13.5 Å². The Morgan fingerprint density at radius 1 is 0.981 bits per heavy atom. The summed E-state index contributed by atoms with van der Waals surface area (Å²) in [5.41, 5.74) is 11.9. The highest BCUT2D eigenvalue weighted by molar-refractivity contribution is 8.44. The van der Waals surface area contributed by atoms with E-state index in [-0.39, 0.29) is 23.3 Å². The highest BCUT2D eigenvalue weighted by atomic mass is 32.7. The second-order valence-electron chi connectivity index (χ2n) is 14.7. The molecule has 5 N–H and O–H groups in total. The van der Waals surface area contributed by atoms with Gasteiger partial charge in [-0.3, -0.25) is 22.7 Å². The molecule has 25 heteroatoms. The van der Waals surface area contributed by atoms with Gasteiger partial charge in [0.1, 0.15) is 59.8 Å². The highest BCUT2D eigenvalue weighted by Crippen LogP contribution is 2.60. The van der Waals surface area contributed by atoms with Gasteiger partial charge in [-0.25, -0.2) is 34.5 Å². The molecule has 0 saturated carbocycles. The molecule has 20 nitrogen and oxygen atoms in total. The van der Waals surface area contributed by atoms with Gasteiger partial charge in [-0.1, -0.05) is 33.0 Å². The fraction of sp³-hybridized carbons (Fsp3) is 0.643. The van der Waals surface area contributed by atoms with Gasteiger partial charge in [-0.2, -0.15) is 0 Å². The topological polar surface area (TPSA) is 250 Å². The Labute approximate surface area is 315 Å². The van der Waals surface area contributed by atoms with Crippen molar-refractivity contribution in [2.24, 2.45) is 0 Å². The molecule has 3 fully saturated rings. The van der Waals surface area contributed by atoms with Gasteiger partial charge in [0.2, 0.25) is 0 Å². The number of thiol groups is 1. The van der Waals surface area contributed by atoms with Crippen LogP contribution in [0.2, 0.25) is 18.1 Å². The molecule has 0 amide bonds. The molecule has 3 aliphatic heterocycles. The van der Waals surface area contributed by atoms with Crippen molar-refractivity contribution in [2.45, 2.75) is 94.4 Å². The monoisotopic (exact) mass is 832 g/mol. The number of hydrogen-bond donors (Lipinski definition) is 4. The van der Waals surface area contributed by atoms with Crippen molar-refractivity contribution in [3.63, 3.8) is 0 Å². The zero-order chi connectivity index (χ0) is 38.3. The molecule has 3 saturated heterocycles. The number of methoxy groups -OCH3 is 1. The van der Waals surface area contributed by atoms with Crippen LogP contribution in [0.5, 0.6) is 0 Å². The van der Waals surface area contributed by atoms with Crippen molar-refractivity contribution >= 4 is 79.9 Å². The molecule has 53 heavy (non-hydrogen) atoms. The molecule has 0 spiro atoms. The Morgan fingerprint density at radius 3 is 2.13 bits per heavy atom. The molecule has 7 heterocycles. The van der Waals surface area contributed by atoms with E-state index in [1.165, 1.54) is 32.4 Å². The number of imidazole rings is 2. The molecule has 0 aliphatic carbocycles. The first-order chi connectivity index (χ1) is 24.7. The van der Waals surface area contributed by atoms with Gasteiger partial charge in [0.15, 0.2) is 43.7 Å². The maximum absolute atomic E-state index is 14.2. The smallest absolute Gasteiger partial charge is 0.386 e. The largest absolute Gasteiger partial charge is 0.408 e. The molecular formula is C28H42N10O10P2S2Si. The summed E-state index contributed by atoms with van der Waals surface area (Å²) < 4.78 is 67.9. The van der Waals surface area contributed by atoms with E-state index in [9.17, 15) is 9.46 Å². The van der Waals surface area contributed by atoms with Crippen molar-refractivity contribution in [1.29, 1.82) is 0 Å². The van der Waals surface area contributed by atoms with E-state index in [1.807, 2.05) is 13.1 Å². The summed E-state index contributed by atoms with van der Waals surface area (Å²) in [7, 11) is -1.18. The zero-order valence-electron chi connectivity index (χ0n) is 29.9.